The zero-order chi connectivity index (χ0) is 8.55. The van der Waals surface area contributed by atoms with E-state index >= 15 is 0 Å². The van der Waals surface area contributed by atoms with E-state index in [1.165, 1.54) is 17.5 Å². The van der Waals surface area contributed by atoms with Gasteiger partial charge >= 0.3 is 0 Å². The molecular formula is C7H13N5. The summed E-state index contributed by atoms with van der Waals surface area (Å²) in [4.78, 5) is 6.33. The van der Waals surface area contributed by atoms with Crippen LogP contribution in [0.15, 0.2) is 6.20 Å². The van der Waals surface area contributed by atoms with E-state index < -0.39 is 0 Å². The highest BCUT2D eigenvalue weighted by Crippen LogP contribution is 2.18. The Hall–Kier alpha value is -1.39. The summed E-state index contributed by atoms with van der Waals surface area (Å²) in [5.74, 6) is 6.78. The number of hydrogen-bond donors (Lipinski definition) is 2. The molecule has 0 saturated carbocycles. The Kier molecular flexibility index (Phi) is 1.56. The fourth-order valence-corrected chi connectivity index (χ4v) is 1.49. The van der Waals surface area contributed by atoms with Gasteiger partial charge in [-0.2, -0.15) is 4.98 Å². The van der Waals surface area contributed by atoms with Crippen LogP contribution < -0.4 is 16.5 Å². The molecule has 4 N–H and O–H groups in total. The predicted molar refractivity (Wildman–Crippen MR) is 48.2 cm³/mol. The van der Waals surface area contributed by atoms with Gasteiger partial charge in [0.15, 0.2) is 5.82 Å². The van der Waals surface area contributed by atoms with Crippen LogP contribution in [0.5, 0.6) is 0 Å². The first kappa shape index (κ1) is 7.27. The zero-order valence-corrected chi connectivity index (χ0v) is 6.90. The van der Waals surface area contributed by atoms with Crippen LogP contribution >= 0.6 is 0 Å². The van der Waals surface area contributed by atoms with Gasteiger partial charge < -0.3 is 16.5 Å². The van der Waals surface area contributed by atoms with Crippen molar-refractivity contribution in [2.75, 3.05) is 29.6 Å². The summed E-state index contributed by atoms with van der Waals surface area (Å²) >= 11 is 0. The highest BCUT2D eigenvalue weighted by Gasteiger charge is 2.15. The van der Waals surface area contributed by atoms with Crippen LogP contribution in [-0.4, -0.2) is 22.7 Å². The molecular weight excluding hydrogens is 154 g/mol. The third kappa shape index (κ3) is 1.07. The second kappa shape index (κ2) is 2.58. The lowest BCUT2D eigenvalue weighted by atomic mass is 10.4. The van der Waals surface area contributed by atoms with Gasteiger partial charge in [-0.25, -0.2) is 4.68 Å². The topological polar surface area (TPSA) is 73.1 Å². The SMILES string of the molecule is Nc1nc(N2CCCC2)cn1N. The minimum Gasteiger partial charge on any atom is -0.368 e. The van der Waals surface area contributed by atoms with E-state index in [1.54, 1.807) is 6.20 Å². The Bertz CT molecular complexity index is 254. The fourth-order valence-electron chi connectivity index (χ4n) is 1.49. The molecule has 1 fully saturated rings. The molecule has 12 heavy (non-hydrogen) atoms. The average molecular weight is 167 g/mol. The molecule has 0 aromatic carbocycles. The molecule has 66 valence electrons. The van der Waals surface area contributed by atoms with Gasteiger partial charge in [-0.15, -0.1) is 0 Å². The van der Waals surface area contributed by atoms with Crippen LogP contribution in [0.25, 0.3) is 0 Å². The largest absolute Gasteiger partial charge is 0.368 e. The van der Waals surface area contributed by atoms with Crippen LogP contribution in [0.3, 0.4) is 0 Å². The minimum atomic E-state index is 0.372. The van der Waals surface area contributed by atoms with E-state index in [4.69, 9.17) is 11.6 Å². The van der Waals surface area contributed by atoms with Crippen LogP contribution in [0.1, 0.15) is 12.8 Å². The van der Waals surface area contributed by atoms with Crippen molar-refractivity contribution < 1.29 is 0 Å². The highest BCUT2D eigenvalue weighted by atomic mass is 15.4. The van der Waals surface area contributed by atoms with Crippen molar-refractivity contribution in [3.8, 4) is 0 Å². The monoisotopic (exact) mass is 167 g/mol. The molecule has 5 heteroatoms. The average Bonchev–Trinajstić information content (AvgIpc) is 2.61. The summed E-state index contributed by atoms with van der Waals surface area (Å²) in [5, 5.41) is 0. The number of rotatable bonds is 1. The molecule has 5 nitrogen and oxygen atoms in total. The van der Waals surface area contributed by atoms with Gasteiger partial charge in [0, 0.05) is 13.1 Å². The number of nitrogens with two attached hydrogens (primary N) is 2. The van der Waals surface area contributed by atoms with Crippen molar-refractivity contribution in [2.45, 2.75) is 12.8 Å². The van der Waals surface area contributed by atoms with Crippen LogP contribution in [0.4, 0.5) is 11.8 Å². The van der Waals surface area contributed by atoms with Crippen molar-refractivity contribution >= 4 is 11.8 Å². The lowest BCUT2D eigenvalue weighted by Gasteiger charge is -2.12. The van der Waals surface area contributed by atoms with Crippen LogP contribution in [-0.2, 0) is 0 Å². The summed E-state index contributed by atoms with van der Waals surface area (Å²) in [6, 6.07) is 0. The summed E-state index contributed by atoms with van der Waals surface area (Å²) in [5.41, 5.74) is 5.51. The Morgan fingerprint density at radius 1 is 1.33 bits per heavy atom. The van der Waals surface area contributed by atoms with E-state index in [0.717, 1.165) is 18.9 Å². The predicted octanol–water partition coefficient (Wildman–Crippen LogP) is -0.221. The lowest BCUT2D eigenvalue weighted by molar-refractivity contribution is 0.944. The fraction of sp³-hybridized carbons (Fsp3) is 0.571. The summed E-state index contributed by atoms with van der Waals surface area (Å²) in [6.45, 7) is 2.13. The van der Waals surface area contributed by atoms with Crippen molar-refractivity contribution in [3.05, 3.63) is 6.20 Å². The van der Waals surface area contributed by atoms with Gasteiger partial charge in [-0.05, 0) is 12.8 Å². The summed E-state index contributed by atoms with van der Waals surface area (Å²) in [6.07, 6.45) is 4.23. The molecule has 0 spiro atoms. The first-order chi connectivity index (χ1) is 5.77. The van der Waals surface area contributed by atoms with E-state index in [-0.39, 0.29) is 0 Å². The Balaban J connectivity index is 2.21. The van der Waals surface area contributed by atoms with Crippen molar-refractivity contribution in [1.82, 2.24) is 9.66 Å². The molecule has 0 bridgehead atoms. The number of hydrogen-bond acceptors (Lipinski definition) is 4. The first-order valence-electron chi connectivity index (χ1n) is 4.12. The number of anilines is 2. The molecule has 0 aliphatic carbocycles. The van der Waals surface area contributed by atoms with Crippen molar-refractivity contribution in [3.63, 3.8) is 0 Å². The molecule has 1 aromatic heterocycles. The Labute approximate surface area is 70.9 Å². The van der Waals surface area contributed by atoms with E-state index in [9.17, 15) is 0 Å². The summed E-state index contributed by atoms with van der Waals surface area (Å²) < 4.78 is 1.35. The molecule has 0 atom stereocenters. The van der Waals surface area contributed by atoms with Gasteiger partial charge in [-0.1, -0.05) is 0 Å². The standard InChI is InChI=1S/C7H13N5/c8-7-10-6(5-12(7)9)11-3-1-2-4-11/h5H,1-4,9H2,(H2,8,10). The van der Waals surface area contributed by atoms with Gasteiger partial charge in [0.2, 0.25) is 5.95 Å². The van der Waals surface area contributed by atoms with Gasteiger partial charge in [-0.3, -0.25) is 0 Å². The maximum absolute atomic E-state index is 5.51. The molecule has 1 aromatic rings. The zero-order valence-electron chi connectivity index (χ0n) is 6.90. The summed E-state index contributed by atoms with van der Waals surface area (Å²) in [7, 11) is 0. The highest BCUT2D eigenvalue weighted by molar-refractivity contribution is 5.43. The number of imidazole rings is 1. The molecule has 0 amide bonds. The third-order valence-corrected chi connectivity index (χ3v) is 2.18. The third-order valence-electron chi connectivity index (χ3n) is 2.18. The molecule has 2 rings (SSSR count). The molecule has 1 saturated heterocycles. The maximum Gasteiger partial charge on any atom is 0.221 e. The van der Waals surface area contributed by atoms with E-state index in [1.807, 2.05) is 0 Å². The number of nitrogen functional groups attached to an aromatic ring is 2. The lowest BCUT2D eigenvalue weighted by Crippen LogP contribution is -2.18. The van der Waals surface area contributed by atoms with E-state index in [2.05, 4.69) is 9.88 Å². The molecule has 1 aliphatic rings. The molecule has 0 radical (unpaired) electrons. The molecule has 2 heterocycles. The molecule has 0 unspecified atom stereocenters. The second-order valence-corrected chi connectivity index (χ2v) is 3.06. The number of nitrogens with zero attached hydrogens (tertiary/aromatic N) is 3. The van der Waals surface area contributed by atoms with Crippen molar-refractivity contribution in [1.29, 1.82) is 0 Å². The minimum absolute atomic E-state index is 0.372. The van der Waals surface area contributed by atoms with Crippen LogP contribution in [0, 0.1) is 0 Å². The molecule has 1 aliphatic heterocycles. The van der Waals surface area contributed by atoms with E-state index in [0.29, 0.717) is 5.95 Å². The normalized spacial score (nSPS) is 17.2. The smallest absolute Gasteiger partial charge is 0.221 e. The first-order valence-corrected chi connectivity index (χ1v) is 4.12. The Morgan fingerprint density at radius 2 is 2.00 bits per heavy atom. The van der Waals surface area contributed by atoms with Crippen LogP contribution in [0.2, 0.25) is 0 Å². The maximum atomic E-state index is 5.51. The van der Waals surface area contributed by atoms with Gasteiger partial charge in [0.05, 0.1) is 6.20 Å². The number of aromatic nitrogens is 2. The van der Waals surface area contributed by atoms with Gasteiger partial charge in [0.1, 0.15) is 0 Å². The second-order valence-electron chi connectivity index (χ2n) is 3.06. The van der Waals surface area contributed by atoms with Crippen molar-refractivity contribution in [2.24, 2.45) is 0 Å². The quantitative estimate of drug-likeness (QED) is 0.567. The van der Waals surface area contributed by atoms with Gasteiger partial charge in [0.25, 0.3) is 0 Å². The Morgan fingerprint density at radius 3 is 2.50 bits per heavy atom.